The molecule has 0 spiro atoms. The molecule has 0 bridgehead atoms. The van der Waals surface area contributed by atoms with Crippen LogP contribution in [0.5, 0.6) is 5.75 Å². The Morgan fingerprint density at radius 3 is 2.60 bits per heavy atom. The molecule has 1 amide bonds. The molecule has 0 saturated carbocycles. The summed E-state index contributed by atoms with van der Waals surface area (Å²) in [6.07, 6.45) is 4.60. The second-order valence-corrected chi connectivity index (χ2v) is 7.78. The molecule has 1 aliphatic rings. The summed E-state index contributed by atoms with van der Waals surface area (Å²) in [5.74, 6) is 0.776. The lowest BCUT2D eigenvalue weighted by atomic mass is 9.90. The number of nitriles is 1. The summed E-state index contributed by atoms with van der Waals surface area (Å²) in [6, 6.07) is 14.4. The van der Waals surface area contributed by atoms with E-state index >= 15 is 0 Å². The van der Waals surface area contributed by atoms with Crippen molar-refractivity contribution in [3.8, 4) is 11.8 Å². The molecule has 0 radical (unpaired) electrons. The SMILES string of the molecule is COc1cc2c(ccn2CC#N)cc1C(=O)N1CCC(Cc2ccc(F)cc2)CC1. The smallest absolute Gasteiger partial charge is 0.257 e. The minimum Gasteiger partial charge on any atom is -0.496 e. The second kappa shape index (κ2) is 8.58. The van der Waals surface area contributed by atoms with E-state index in [1.165, 1.54) is 12.1 Å². The van der Waals surface area contributed by atoms with Gasteiger partial charge < -0.3 is 14.2 Å². The number of ether oxygens (including phenoxy) is 1. The first-order valence-electron chi connectivity index (χ1n) is 10.2. The predicted molar refractivity (Wildman–Crippen MR) is 113 cm³/mol. The largest absolute Gasteiger partial charge is 0.496 e. The zero-order valence-corrected chi connectivity index (χ0v) is 17.0. The summed E-state index contributed by atoms with van der Waals surface area (Å²) in [5.41, 5.74) is 2.56. The molecule has 0 unspecified atom stereocenters. The average molecular weight is 405 g/mol. The van der Waals surface area contributed by atoms with Crippen molar-refractivity contribution < 1.29 is 13.9 Å². The Morgan fingerprint density at radius 1 is 1.20 bits per heavy atom. The van der Waals surface area contributed by atoms with Gasteiger partial charge in [0.2, 0.25) is 0 Å². The topological polar surface area (TPSA) is 58.3 Å². The summed E-state index contributed by atoms with van der Waals surface area (Å²) in [6.45, 7) is 1.64. The van der Waals surface area contributed by atoms with E-state index in [0.717, 1.165) is 35.7 Å². The van der Waals surface area contributed by atoms with Gasteiger partial charge >= 0.3 is 0 Å². The molecule has 5 nitrogen and oxygen atoms in total. The maximum atomic E-state index is 13.2. The van der Waals surface area contributed by atoms with E-state index in [4.69, 9.17) is 10.00 Å². The Balaban J connectivity index is 1.46. The molecule has 2 aromatic carbocycles. The summed E-state index contributed by atoms with van der Waals surface area (Å²) in [4.78, 5) is 15.1. The lowest BCUT2D eigenvalue weighted by Gasteiger charge is -2.32. The molecule has 4 rings (SSSR count). The second-order valence-electron chi connectivity index (χ2n) is 7.78. The van der Waals surface area contributed by atoms with E-state index < -0.39 is 0 Å². The Bertz CT molecular complexity index is 1090. The molecular formula is C24H24FN3O2. The number of carbonyl (C=O) groups excluding carboxylic acids is 1. The number of hydrogen-bond acceptors (Lipinski definition) is 3. The molecule has 1 aliphatic heterocycles. The van der Waals surface area contributed by atoms with Crippen LogP contribution in [0.3, 0.4) is 0 Å². The van der Waals surface area contributed by atoms with Crippen LogP contribution < -0.4 is 4.74 Å². The number of piperidine rings is 1. The van der Waals surface area contributed by atoms with Crippen LogP contribution in [0.1, 0.15) is 28.8 Å². The van der Waals surface area contributed by atoms with Gasteiger partial charge in [-0.05, 0) is 55.0 Å². The maximum Gasteiger partial charge on any atom is 0.257 e. The number of halogens is 1. The van der Waals surface area contributed by atoms with Gasteiger partial charge in [-0.15, -0.1) is 0 Å². The molecule has 0 aliphatic carbocycles. The zero-order chi connectivity index (χ0) is 21.1. The summed E-state index contributed by atoms with van der Waals surface area (Å²) in [7, 11) is 1.56. The van der Waals surface area contributed by atoms with Crippen LogP contribution in [0.2, 0.25) is 0 Å². The number of hydrogen-bond donors (Lipinski definition) is 0. The lowest BCUT2D eigenvalue weighted by molar-refractivity contribution is 0.0687. The van der Waals surface area contributed by atoms with Crippen LogP contribution in [0.25, 0.3) is 10.9 Å². The van der Waals surface area contributed by atoms with Gasteiger partial charge in [0, 0.05) is 30.7 Å². The van der Waals surface area contributed by atoms with E-state index in [1.54, 1.807) is 7.11 Å². The van der Waals surface area contributed by atoms with Gasteiger partial charge in [0.05, 0.1) is 24.3 Å². The van der Waals surface area contributed by atoms with Crippen LogP contribution >= 0.6 is 0 Å². The summed E-state index contributed by atoms with van der Waals surface area (Å²) < 4.78 is 20.4. The monoisotopic (exact) mass is 405 g/mol. The van der Waals surface area contributed by atoms with Crippen LogP contribution in [-0.4, -0.2) is 35.6 Å². The molecule has 6 heteroatoms. The van der Waals surface area contributed by atoms with Gasteiger partial charge in [-0.1, -0.05) is 12.1 Å². The van der Waals surface area contributed by atoms with E-state index in [2.05, 4.69) is 6.07 Å². The number of nitrogens with zero attached hydrogens (tertiary/aromatic N) is 3. The van der Waals surface area contributed by atoms with E-state index in [9.17, 15) is 9.18 Å². The number of methoxy groups -OCH3 is 1. The highest BCUT2D eigenvalue weighted by Crippen LogP contribution is 2.30. The van der Waals surface area contributed by atoms with Crippen molar-refractivity contribution in [2.45, 2.75) is 25.8 Å². The number of benzene rings is 2. The Morgan fingerprint density at radius 2 is 1.93 bits per heavy atom. The number of carbonyl (C=O) groups is 1. The Hall–Kier alpha value is -3.33. The van der Waals surface area contributed by atoms with Gasteiger partial charge in [0.25, 0.3) is 5.91 Å². The normalized spacial score (nSPS) is 14.6. The highest BCUT2D eigenvalue weighted by molar-refractivity contribution is 6.01. The van der Waals surface area contributed by atoms with E-state index in [0.29, 0.717) is 30.3 Å². The Labute approximate surface area is 175 Å². The highest BCUT2D eigenvalue weighted by atomic mass is 19.1. The first kappa shape index (κ1) is 20.0. The van der Waals surface area contributed by atoms with Crippen molar-refractivity contribution in [2.24, 2.45) is 5.92 Å². The van der Waals surface area contributed by atoms with Crippen LogP contribution in [0.4, 0.5) is 4.39 Å². The lowest BCUT2D eigenvalue weighted by Crippen LogP contribution is -2.39. The van der Waals surface area contributed by atoms with Crippen molar-refractivity contribution in [3.05, 3.63) is 65.6 Å². The number of fused-ring (bicyclic) bond motifs is 1. The molecule has 3 aromatic rings. The van der Waals surface area contributed by atoms with E-state index in [1.807, 2.05) is 46.0 Å². The third-order valence-corrected chi connectivity index (χ3v) is 5.90. The molecule has 1 fully saturated rings. The first-order chi connectivity index (χ1) is 14.6. The molecule has 154 valence electrons. The fourth-order valence-electron chi connectivity index (χ4n) is 4.23. The molecule has 2 heterocycles. The fraction of sp³-hybridized carbons (Fsp3) is 0.333. The quantitative estimate of drug-likeness (QED) is 0.632. The first-order valence-corrected chi connectivity index (χ1v) is 10.2. The predicted octanol–water partition coefficient (Wildman–Crippen LogP) is 4.41. The van der Waals surface area contributed by atoms with Gasteiger partial charge in [0.1, 0.15) is 18.1 Å². The summed E-state index contributed by atoms with van der Waals surface area (Å²) in [5, 5.41) is 9.90. The third kappa shape index (κ3) is 4.02. The third-order valence-electron chi connectivity index (χ3n) is 5.90. The maximum absolute atomic E-state index is 13.2. The van der Waals surface area contributed by atoms with E-state index in [-0.39, 0.29) is 18.3 Å². The van der Waals surface area contributed by atoms with Crippen LogP contribution in [0.15, 0.2) is 48.7 Å². The average Bonchev–Trinajstić information content (AvgIpc) is 3.16. The number of amides is 1. The molecular weight excluding hydrogens is 381 g/mol. The fourth-order valence-corrected chi connectivity index (χ4v) is 4.23. The minimum atomic E-state index is -0.215. The number of likely N-dealkylation sites (tertiary alicyclic amines) is 1. The van der Waals surface area contributed by atoms with Crippen LogP contribution in [0, 0.1) is 23.1 Å². The zero-order valence-electron chi connectivity index (χ0n) is 17.0. The van der Waals surface area contributed by atoms with Gasteiger partial charge in [0.15, 0.2) is 0 Å². The molecule has 0 N–H and O–H groups in total. The van der Waals surface area contributed by atoms with Crippen molar-refractivity contribution in [3.63, 3.8) is 0 Å². The van der Waals surface area contributed by atoms with Crippen molar-refractivity contribution in [2.75, 3.05) is 20.2 Å². The molecule has 0 atom stereocenters. The highest BCUT2D eigenvalue weighted by Gasteiger charge is 2.26. The van der Waals surface area contributed by atoms with Gasteiger partial charge in [-0.2, -0.15) is 5.26 Å². The van der Waals surface area contributed by atoms with Crippen molar-refractivity contribution in [1.82, 2.24) is 9.47 Å². The minimum absolute atomic E-state index is 0.0259. The number of aromatic nitrogens is 1. The molecule has 1 aromatic heterocycles. The van der Waals surface area contributed by atoms with Gasteiger partial charge in [-0.25, -0.2) is 4.39 Å². The molecule has 1 saturated heterocycles. The number of rotatable bonds is 5. The molecule has 30 heavy (non-hydrogen) atoms. The van der Waals surface area contributed by atoms with Gasteiger partial charge in [-0.3, -0.25) is 4.79 Å². The van der Waals surface area contributed by atoms with Crippen LogP contribution in [-0.2, 0) is 13.0 Å². The van der Waals surface area contributed by atoms with Crippen molar-refractivity contribution >= 4 is 16.8 Å². The summed E-state index contributed by atoms with van der Waals surface area (Å²) >= 11 is 0. The Kier molecular flexibility index (Phi) is 5.71. The van der Waals surface area contributed by atoms with Crippen molar-refractivity contribution in [1.29, 1.82) is 5.26 Å². The standard InChI is InChI=1S/C24H24FN3O2/c1-30-23-16-22-19(8-12-27(22)13-9-26)15-21(23)24(29)28-10-6-18(7-11-28)14-17-2-4-20(25)5-3-17/h2-5,8,12,15-16,18H,6-7,10-11,13-14H2,1H3.